The SMILES string of the molecule is CCc1cccc(NC(=O)N(CC(=O)Nc2cc(C(C)(C)C)nn2C(C)(C)C)CC(C)C)c1. The van der Waals surface area contributed by atoms with Crippen LogP contribution in [-0.2, 0) is 22.2 Å². The maximum absolute atomic E-state index is 13.0. The van der Waals surface area contributed by atoms with Crippen molar-refractivity contribution in [3.05, 3.63) is 41.6 Å². The van der Waals surface area contributed by atoms with E-state index in [1.807, 2.05) is 69.6 Å². The topological polar surface area (TPSA) is 79.3 Å². The van der Waals surface area contributed by atoms with Gasteiger partial charge in [-0.15, -0.1) is 0 Å². The number of anilines is 2. The summed E-state index contributed by atoms with van der Waals surface area (Å²) in [6.07, 6.45) is 0.889. The average Bonchev–Trinajstić information content (AvgIpc) is 3.12. The number of urea groups is 1. The van der Waals surface area contributed by atoms with E-state index in [1.165, 1.54) is 0 Å². The molecule has 1 aromatic carbocycles. The zero-order chi connectivity index (χ0) is 25.0. The monoisotopic (exact) mass is 455 g/mol. The fourth-order valence-electron chi connectivity index (χ4n) is 3.44. The molecular weight excluding hydrogens is 414 g/mol. The maximum atomic E-state index is 13.0. The lowest BCUT2D eigenvalue weighted by Crippen LogP contribution is -2.43. The van der Waals surface area contributed by atoms with Crippen molar-refractivity contribution in [2.45, 2.75) is 79.7 Å². The highest BCUT2D eigenvalue weighted by Gasteiger charge is 2.26. The van der Waals surface area contributed by atoms with Gasteiger partial charge < -0.3 is 15.5 Å². The molecule has 0 spiro atoms. The van der Waals surface area contributed by atoms with Gasteiger partial charge in [-0.2, -0.15) is 5.10 Å². The predicted octanol–water partition coefficient (Wildman–Crippen LogP) is 5.63. The zero-order valence-electron chi connectivity index (χ0n) is 21.7. The summed E-state index contributed by atoms with van der Waals surface area (Å²) in [6, 6.07) is 9.41. The maximum Gasteiger partial charge on any atom is 0.322 e. The molecule has 182 valence electrons. The van der Waals surface area contributed by atoms with Crippen LogP contribution in [0.25, 0.3) is 0 Å². The molecule has 7 nitrogen and oxygen atoms in total. The zero-order valence-corrected chi connectivity index (χ0v) is 21.7. The summed E-state index contributed by atoms with van der Waals surface area (Å²) in [6.45, 7) is 19.0. The fourth-order valence-corrected chi connectivity index (χ4v) is 3.44. The van der Waals surface area contributed by atoms with Crippen LogP contribution in [0.3, 0.4) is 0 Å². The Kier molecular flexibility index (Phi) is 8.33. The quantitative estimate of drug-likeness (QED) is 0.568. The number of carbonyl (C=O) groups excluding carboxylic acids is 2. The first-order chi connectivity index (χ1) is 15.2. The molecule has 7 heteroatoms. The molecule has 1 aromatic heterocycles. The minimum atomic E-state index is -0.300. The van der Waals surface area contributed by atoms with E-state index in [2.05, 4.69) is 38.3 Å². The number of hydrogen-bond acceptors (Lipinski definition) is 3. The molecule has 33 heavy (non-hydrogen) atoms. The number of carbonyl (C=O) groups is 2. The third-order valence-corrected chi connectivity index (χ3v) is 5.17. The van der Waals surface area contributed by atoms with E-state index in [0.717, 1.165) is 23.4 Å². The lowest BCUT2D eigenvalue weighted by Gasteiger charge is -2.26. The van der Waals surface area contributed by atoms with Crippen LogP contribution in [-0.4, -0.2) is 39.7 Å². The highest BCUT2D eigenvalue weighted by molar-refractivity contribution is 5.96. The van der Waals surface area contributed by atoms with Crippen molar-refractivity contribution in [2.75, 3.05) is 23.7 Å². The van der Waals surface area contributed by atoms with Gasteiger partial charge in [-0.3, -0.25) is 4.79 Å². The number of amides is 3. The van der Waals surface area contributed by atoms with E-state index in [4.69, 9.17) is 5.10 Å². The van der Waals surface area contributed by atoms with Gasteiger partial charge in [0.1, 0.15) is 12.4 Å². The van der Waals surface area contributed by atoms with Crippen LogP contribution in [0.4, 0.5) is 16.3 Å². The molecule has 0 radical (unpaired) electrons. The number of nitrogens with zero attached hydrogens (tertiary/aromatic N) is 3. The summed E-state index contributed by atoms with van der Waals surface area (Å²) >= 11 is 0. The number of hydrogen-bond donors (Lipinski definition) is 2. The van der Waals surface area contributed by atoms with Crippen molar-refractivity contribution in [1.82, 2.24) is 14.7 Å². The molecule has 2 N–H and O–H groups in total. The molecule has 0 aliphatic heterocycles. The highest BCUT2D eigenvalue weighted by atomic mass is 16.2. The lowest BCUT2D eigenvalue weighted by atomic mass is 9.92. The molecule has 2 rings (SSSR count). The third kappa shape index (κ3) is 7.62. The molecule has 0 saturated carbocycles. The summed E-state index contributed by atoms with van der Waals surface area (Å²) in [5, 5.41) is 10.7. The van der Waals surface area contributed by atoms with Gasteiger partial charge in [-0.25, -0.2) is 9.48 Å². The smallest absolute Gasteiger partial charge is 0.315 e. The van der Waals surface area contributed by atoms with Gasteiger partial charge in [-0.05, 0) is 50.8 Å². The molecule has 0 unspecified atom stereocenters. The van der Waals surface area contributed by atoms with E-state index in [-0.39, 0.29) is 35.4 Å². The Morgan fingerprint density at radius 3 is 2.27 bits per heavy atom. The van der Waals surface area contributed by atoms with Crippen molar-refractivity contribution in [1.29, 1.82) is 0 Å². The summed E-state index contributed by atoms with van der Waals surface area (Å²) in [5.41, 5.74) is 2.33. The molecule has 0 atom stereocenters. The molecule has 3 amide bonds. The number of nitrogens with one attached hydrogen (secondary N) is 2. The Hall–Kier alpha value is -2.83. The minimum absolute atomic E-state index is 0.0440. The summed E-state index contributed by atoms with van der Waals surface area (Å²) < 4.78 is 1.84. The van der Waals surface area contributed by atoms with Crippen molar-refractivity contribution in [2.24, 2.45) is 5.92 Å². The first-order valence-electron chi connectivity index (χ1n) is 11.8. The fraction of sp³-hybridized carbons (Fsp3) is 0.577. The molecule has 0 bridgehead atoms. The van der Waals surface area contributed by atoms with Crippen molar-refractivity contribution < 1.29 is 9.59 Å². The van der Waals surface area contributed by atoms with Gasteiger partial charge in [-0.1, -0.05) is 53.7 Å². The predicted molar refractivity (Wildman–Crippen MR) is 136 cm³/mol. The van der Waals surface area contributed by atoms with Gasteiger partial charge in [0.25, 0.3) is 0 Å². The van der Waals surface area contributed by atoms with Gasteiger partial charge in [0, 0.05) is 23.7 Å². The van der Waals surface area contributed by atoms with Crippen LogP contribution in [0, 0.1) is 5.92 Å². The van der Waals surface area contributed by atoms with Crippen LogP contribution < -0.4 is 10.6 Å². The standard InChI is InChI=1S/C26H41N5O2/c1-10-19-12-11-13-20(14-19)27-24(33)30(16-18(2)3)17-23(32)28-22-15-21(25(4,5)6)29-31(22)26(7,8)9/h11-15,18H,10,16-17H2,1-9H3,(H,27,33)(H,28,32). The lowest BCUT2D eigenvalue weighted by molar-refractivity contribution is -0.116. The second-order valence-corrected chi connectivity index (χ2v) is 11.1. The molecule has 2 aromatic rings. The second kappa shape index (κ2) is 10.4. The molecule has 0 saturated heterocycles. The van der Waals surface area contributed by atoms with Gasteiger partial charge >= 0.3 is 6.03 Å². The Bertz CT molecular complexity index is 964. The number of benzene rings is 1. The molecule has 1 heterocycles. The Labute approximate surface area is 198 Å². The van der Waals surface area contributed by atoms with Crippen LogP contribution in [0.15, 0.2) is 30.3 Å². The van der Waals surface area contributed by atoms with E-state index >= 15 is 0 Å². The van der Waals surface area contributed by atoms with Gasteiger partial charge in [0.05, 0.1) is 11.2 Å². The molecule has 0 fully saturated rings. The van der Waals surface area contributed by atoms with Gasteiger partial charge in [0.2, 0.25) is 5.91 Å². The normalized spacial score (nSPS) is 12.1. The molecular formula is C26H41N5O2. The minimum Gasteiger partial charge on any atom is -0.315 e. The van der Waals surface area contributed by atoms with Crippen LogP contribution >= 0.6 is 0 Å². The Morgan fingerprint density at radius 1 is 1.06 bits per heavy atom. The van der Waals surface area contributed by atoms with Crippen LogP contribution in [0.5, 0.6) is 0 Å². The van der Waals surface area contributed by atoms with Crippen molar-refractivity contribution >= 4 is 23.4 Å². The van der Waals surface area contributed by atoms with E-state index in [9.17, 15) is 9.59 Å². The number of rotatable bonds is 7. The first-order valence-corrected chi connectivity index (χ1v) is 11.8. The third-order valence-electron chi connectivity index (χ3n) is 5.17. The number of aryl methyl sites for hydroxylation is 1. The summed E-state index contributed by atoms with van der Waals surface area (Å²) in [5.74, 6) is 0.607. The molecule has 0 aliphatic carbocycles. The van der Waals surface area contributed by atoms with Crippen molar-refractivity contribution in [3.8, 4) is 0 Å². The van der Waals surface area contributed by atoms with Crippen LogP contribution in [0.2, 0.25) is 0 Å². The Balaban J connectivity index is 2.20. The number of aromatic nitrogens is 2. The first kappa shape index (κ1) is 26.4. The summed E-state index contributed by atoms with van der Waals surface area (Å²) in [7, 11) is 0. The van der Waals surface area contributed by atoms with E-state index < -0.39 is 0 Å². The van der Waals surface area contributed by atoms with Gasteiger partial charge in [0.15, 0.2) is 0 Å². The largest absolute Gasteiger partial charge is 0.322 e. The molecule has 0 aliphatic rings. The van der Waals surface area contributed by atoms with E-state index in [1.54, 1.807) is 4.90 Å². The van der Waals surface area contributed by atoms with Crippen molar-refractivity contribution in [3.63, 3.8) is 0 Å². The van der Waals surface area contributed by atoms with Crippen LogP contribution in [0.1, 0.15) is 73.6 Å². The average molecular weight is 456 g/mol. The Morgan fingerprint density at radius 2 is 1.73 bits per heavy atom. The second-order valence-electron chi connectivity index (χ2n) is 11.1. The van der Waals surface area contributed by atoms with E-state index in [0.29, 0.717) is 12.4 Å². The summed E-state index contributed by atoms with van der Waals surface area (Å²) in [4.78, 5) is 27.6. The highest BCUT2D eigenvalue weighted by Crippen LogP contribution is 2.28.